The lowest BCUT2D eigenvalue weighted by molar-refractivity contribution is -0.146. The molecule has 0 spiro atoms. The van der Waals surface area contributed by atoms with Gasteiger partial charge in [-0.2, -0.15) is 0 Å². The van der Waals surface area contributed by atoms with Crippen LogP contribution in [0.25, 0.3) is 0 Å². The molecule has 0 aliphatic carbocycles. The number of unbranched alkanes of at least 4 members (excludes halogenated alkanes) is 1. The lowest BCUT2D eigenvalue weighted by Gasteiger charge is -2.20. The zero-order valence-corrected chi connectivity index (χ0v) is 14.2. The number of halogens is 2. The molecule has 2 N–H and O–H groups in total. The van der Waals surface area contributed by atoms with Crippen LogP contribution in [0, 0.1) is 5.92 Å². The smallest absolute Gasteiger partial charge is 0.306 e. The first kappa shape index (κ1) is 18.6. The molecule has 1 aromatic rings. The van der Waals surface area contributed by atoms with E-state index in [1.807, 2.05) is 6.07 Å². The molecule has 1 aliphatic rings. The van der Waals surface area contributed by atoms with Crippen molar-refractivity contribution < 1.29 is 18.7 Å². The van der Waals surface area contributed by atoms with Gasteiger partial charge in [0.2, 0.25) is 5.92 Å². The van der Waals surface area contributed by atoms with Crippen molar-refractivity contribution in [3.8, 4) is 0 Å². The molecule has 24 heavy (non-hydrogen) atoms. The number of carboxylic acids is 1. The van der Waals surface area contributed by atoms with Gasteiger partial charge in [-0.05, 0) is 50.2 Å². The second kappa shape index (κ2) is 8.40. The minimum absolute atomic E-state index is 0.233. The maximum absolute atomic E-state index is 13.9. The highest BCUT2D eigenvalue weighted by atomic mass is 19.3. The van der Waals surface area contributed by atoms with Crippen molar-refractivity contribution in [2.24, 2.45) is 5.92 Å². The van der Waals surface area contributed by atoms with Crippen LogP contribution in [0.5, 0.6) is 0 Å². The highest BCUT2D eigenvalue weighted by Crippen LogP contribution is 2.31. The van der Waals surface area contributed by atoms with E-state index in [2.05, 4.69) is 16.4 Å². The molecular weight excluding hydrogens is 314 g/mol. The average molecular weight is 340 g/mol. The number of nitrogens with one attached hydrogen (secondary N) is 1. The Morgan fingerprint density at radius 2 is 2.21 bits per heavy atom. The molecule has 0 aromatic carbocycles. The first-order valence-corrected chi connectivity index (χ1v) is 8.74. The fourth-order valence-electron chi connectivity index (χ4n) is 3.07. The van der Waals surface area contributed by atoms with Gasteiger partial charge in [0.1, 0.15) is 5.82 Å². The SMILES string of the molecule is CCC(CC(F)(F)CCCCc1ccc2c(n1)NCCC2)C(=O)O. The van der Waals surface area contributed by atoms with Crippen LogP contribution in [-0.2, 0) is 17.6 Å². The molecule has 134 valence electrons. The highest BCUT2D eigenvalue weighted by molar-refractivity contribution is 5.69. The quantitative estimate of drug-likeness (QED) is 0.658. The number of anilines is 1. The molecule has 1 aromatic heterocycles. The van der Waals surface area contributed by atoms with Crippen molar-refractivity contribution in [1.29, 1.82) is 0 Å². The van der Waals surface area contributed by atoms with Gasteiger partial charge < -0.3 is 10.4 Å². The Hall–Kier alpha value is -1.72. The van der Waals surface area contributed by atoms with Crippen molar-refractivity contribution in [2.75, 3.05) is 11.9 Å². The Bertz CT molecular complexity index is 564. The van der Waals surface area contributed by atoms with Crippen LogP contribution in [0.4, 0.5) is 14.6 Å². The number of alkyl halides is 2. The molecule has 1 atom stereocenters. The summed E-state index contributed by atoms with van der Waals surface area (Å²) in [5.74, 6) is -4.09. The van der Waals surface area contributed by atoms with Gasteiger partial charge in [-0.1, -0.05) is 13.0 Å². The molecule has 6 heteroatoms. The normalized spacial score (nSPS) is 15.5. The Kier molecular flexibility index (Phi) is 6.52. The monoisotopic (exact) mass is 340 g/mol. The summed E-state index contributed by atoms with van der Waals surface area (Å²) < 4.78 is 27.8. The molecule has 4 nitrogen and oxygen atoms in total. The molecule has 0 amide bonds. The Morgan fingerprint density at radius 3 is 2.92 bits per heavy atom. The number of fused-ring (bicyclic) bond motifs is 1. The number of pyridine rings is 1. The van der Waals surface area contributed by atoms with E-state index in [0.29, 0.717) is 19.3 Å². The number of hydrogen-bond acceptors (Lipinski definition) is 3. The minimum atomic E-state index is -2.91. The van der Waals surface area contributed by atoms with Crippen LogP contribution in [0.1, 0.15) is 56.7 Å². The van der Waals surface area contributed by atoms with Crippen LogP contribution in [0.15, 0.2) is 12.1 Å². The third-order valence-electron chi connectivity index (χ3n) is 4.56. The number of aryl methyl sites for hydroxylation is 2. The molecular formula is C18H26F2N2O2. The zero-order valence-electron chi connectivity index (χ0n) is 14.2. The van der Waals surface area contributed by atoms with Crippen molar-refractivity contribution in [3.63, 3.8) is 0 Å². The summed E-state index contributed by atoms with van der Waals surface area (Å²) in [6.45, 7) is 2.56. The van der Waals surface area contributed by atoms with E-state index in [1.54, 1.807) is 6.92 Å². The van der Waals surface area contributed by atoms with Gasteiger partial charge >= 0.3 is 5.97 Å². The molecule has 1 unspecified atom stereocenters. The molecule has 1 aliphatic heterocycles. The first-order chi connectivity index (χ1) is 11.4. The van der Waals surface area contributed by atoms with E-state index in [0.717, 1.165) is 30.9 Å². The third-order valence-corrected chi connectivity index (χ3v) is 4.56. The summed E-state index contributed by atoms with van der Waals surface area (Å²) in [4.78, 5) is 15.4. The molecule has 2 heterocycles. The van der Waals surface area contributed by atoms with Crippen LogP contribution >= 0.6 is 0 Å². The summed E-state index contributed by atoms with van der Waals surface area (Å²) >= 11 is 0. The van der Waals surface area contributed by atoms with Crippen molar-refractivity contribution in [1.82, 2.24) is 4.98 Å². The average Bonchev–Trinajstić information content (AvgIpc) is 2.56. The summed E-state index contributed by atoms with van der Waals surface area (Å²) in [6, 6.07) is 4.04. The zero-order chi connectivity index (χ0) is 17.6. The predicted octanol–water partition coefficient (Wildman–Crippen LogP) is 4.29. The number of aromatic nitrogens is 1. The van der Waals surface area contributed by atoms with E-state index >= 15 is 0 Å². The largest absolute Gasteiger partial charge is 0.481 e. The second-order valence-corrected chi connectivity index (χ2v) is 6.55. The predicted molar refractivity (Wildman–Crippen MR) is 89.6 cm³/mol. The van der Waals surface area contributed by atoms with Crippen LogP contribution in [0.3, 0.4) is 0 Å². The highest BCUT2D eigenvalue weighted by Gasteiger charge is 2.34. The maximum Gasteiger partial charge on any atom is 0.306 e. The fourth-order valence-corrected chi connectivity index (χ4v) is 3.07. The summed E-state index contributed by atoms with van der Waals surface area (Å²) in [5.41, 5.74) is 2.14. The van der Waals surface area contributed by atoms with Crippen molar-refractivity contribution >= 4 is 11.8 Å². The summed E-state index contributed by atoms with van der Waals surface area (Å²) in [6.07, 6.45) is 3.21. The van der Waals surface area contributed by atoms with Crippen molar-refractivity contribution in [2.45, 2.75) is 64.2 Å². The van der Waals surface area contributed by atoms with Gasteiger partial charge in [0.05, 0.1) is 5.92 Å². The third kappa shape index (κ3) is 5.42. The fraction of sp³-hybridized carbons (Fsp3) is 0.667. The van der Waals surface area contributed by atoms with Crippen molar-refractivity contribution in [3.05, 3.63) is 23.4 Å². The second-order valence-electron chi connectivity index (χ2n) is 6.55. The number of carboxylic acid groups (broad SMARTS) is 1. The van der Waals surface area contributed by atoms with Gasteiger partial charge in [-0.15, -0.1) is 0 Å². The summed E-state index contributed by atoms with van der Waals surface area (Å²) in [7, 11) is 0. The number of aliphatic carboxylic acids is 1. The molecule has 0 saturated carbocycles. The number of rotatable bonds is 9. The standard InChI is InChI=1S/C18H26F2N2O2/c1-2-13(17(23)24)12-18(19,20)10-4-3-7-15-9-8-14-6-5-11-21-16(14)22-15/h8-9,13H,2-7,10-12H2,1H3,(H,21,22)(H,23,24). The lowest BCUT2D eigenvalue weighted by atomic mass is 9.95. The van der Waals surface area contributed by atoms with Gasteiger partial charge in [0.15, 0.2) is 0 Å². The topological polar surface area (TPSA) is 62.2 Å². The van der Waals surface area contributed by atoms with E-state index < -0.39 is 24.2 Å². The van der Waals surface area contributed by atoms with E-state index in [-0.39, 0.29) is 12.8 Å². The molecule has 0 radical (unpaired) electrons. The van der Waals surface area contributed by atoms with E-state index in [9.17, 15) is 13.6 Å². The lowest BCUT2D eigenvalue weighted by Crippen LogP contribution is -2.25. The molecule has 0 bridgehead atoms. The number of hydrogen-bond donors (Lipinski definition) is 2. The van der Waals surface area contributed by atoms with Gasteiger partial charge in [0.25, 0.3) is 0 Å². The Morgan fingerprint density at radius 1 is 1.42 bits per heavy atom. The Labute approximate surface area is 141 Å². The number of carbonyl (C=O) groups is 1. The van der Waals surface area contributed by atoms with Gasteiger partial charge in [-0.25, -0.2) is 13.8 Å². The molecule has 0 fully saturated rings. The van der Waals surface area contributed by atoms with E-state index in [1.165, 1.54) is 5.56 Å². The van der Waals surface area contributed by atoms with Gasteiger partial charge in [0, 0.05) is 25.1 Å². The minimum Gasteiger partial charge on any atom is -0.481 e. The van der Waals surface area contributed by atoms with E-state index in [4.69, 9.17) is 5.11 Å². The number of nitrogens with zero attached hydrogens (tertiary/aromatic N) is 1. The van der Waals surface area contributed by atoms with Crippen LogP contribution < -0.4 is 5.32 Å². The van der Waals surface area contributed by atoms with Crippen LogP contribution in [-0.4, -0.2) is 28.5 Å². The van der Waals surface area contributed by atoms with Gasteiger partial charge in [-0.3, -0.25) is 4.79 Å². The summed E-state index contributed by atoms with van der Waals surface area (Å²) in [5, 5.41) is 12.2. The van der Waals surface area contributed by atoms with Crippen LogP contribution in [0.2, 0.25) is 0 Å². The maximum atomic E-state index is 13.9. The Balaban J connectivity index is 1.76. The molecule has 0 saturated heterocycles. The molecule has 2 rings (SSSR count). The first-order valence-electron chi connectivity index (χ1n) is 8.74.